The molecule has 0 aliphatic carbocycles. The molecule has 10 heteroatoms. The van der Waals surface area contributed by atoms with Crippen molar-refractivity contribution in [3.63, 3.8) is 0 Å². The Bertz CT molecular complexity index is 1120. The molecule has 204 valence electrons. The normalized spacial score (nSPS) is 19.3. The maximum Gasteiger partial charge on any atom is 0.351 e. The van der Waals surface area contributed by atoms with E-state index < -0.39 is 18.1 Å². The summed E-state index contributed by atoms with van der Waals surface area (Å²) in [4.78, 5) is 42.1. The van der Waals surface area contributed by atoms with Crippen LogP contribution in [0.1, 0.15) is 56.2 Å². The van der Waals surface area contributed by atoms with Crippen LogP contribution in [-0.2, 0) is 25.8 Å². The van der Waals surface area contributed by atoms with Crippen LogP contribution in [-0.4, -0.2) is 48.3 Å². The summed E-state index contributed by atoms with van der Waals surface area (Å²) in [6, 6.07) is 15.3. The van der Waals surface area contributed by atoms with Crippen LogP contribution in [0.5, 0.6) is 0 Å². The van der Waals surface area contributed by atoms with Gasteiger partial charge in [0.1, 0.15) is 12.1 Å². The summed E-state index contributed by atoms with van der Waals surface area (Å²) in [5.74, 6) is -0.856. The highest BCUT2D eigenvalue weighted by Gasteiger charge is 2.29. The summed E-state index contributed by atoms with van der Waals surface area (Å²) in [5, 5.41) is 12.6. The topological polar surface area (TPSA) is 161 Å². The number of nitrogens with two attached hydrogens (primary N) is 2. The maximum atomic E-state index is 12.8. The SMILES string of the molecule is CC(C)[C@H](N)C(=O)O/N=C(\N)c1ccc(CNC(=O)[C@H](C)NC(=O)[C@H]2C[C@@H](c3ccccc3)CCN2)cc1. The Labute approximate surface area is 223 Å². The van der Waals surface area contributed by atoms with E-state index in [1.807, 2.05) is 18.2 Å². The molecule has 4 atom stereocenters. The van der Waals surface area contributed by atoms with Crippen LogP contribution in [0.15, 0.2) is 59.8 Å². The van der Waals surface area contributed by atoms with Crippen LogP contribution in [0.3, 0.4) is 0 Å². The molecule has 2 amide bonds. The molecule has 1 saturated heterocycles. The molecule has 38 heavy (non-hydrogen) atoms. The molecule has 10 nitrogen and oxygen atoms in total. The molecule has 0 spiro atoms. The summed E-state index contributed by atoms with van der Waals surface area (Å²) in [7, 11) is 0. The summed E-state index contributed by atoms with van der Waals surface area (Å²) in [6.45, 7) is 6.29. The van der Waals surface area contributed by atoms with E-state index >= 15 is 0 Å². The largest absolute Gasteiger partial charge is 0.380 e. The first-order valence-corrected chi connectivity index (χ1v) is 12.9. The lowest BCUT2D eigenvalue weighted by Crippen LogP contribution is -2.53. The van der Waals surface area contributed by atoms with Crippen LogP contribution < -0.4 is 27.4 Å². The quantitative estimate of drug-likeness (QED) is 0.137. The minimum atomic E-state index is -0.783. The predicted octanol–water partition coefficient (Wildman–Crippen LogP) is 1.49. The van der Waals surface area contributed by atoms with Crippen molar-refractivity contribution in [1.29, 1.82) is 0 Å². The van der Waals surface area contributed by atoms with Gasteiger partial charge in [-0.2, -0.15) is 0 Å². The summed E-state index contributed by atoms with van der Waals surface area (Å²) >= 11 is 0. The van der Waals surface area contributed by atoms with E-state index in [-0.39, 0.29) is 36.2 Å². The molecular weight excluding hydrogens is 484 g/mol. The van der Waals surface area contributed by atoms with Gasteiger partial charge in [-0.25, -0.2) is 4.79 Å². The number of piperidine rings is 1. The van der Waals surface area contributed by atoms with Gasteiger partial charge in [-0.05, 0) is 49.3 Å². The van der Waals surface area contributed by atoms with Gasteiger partial charge in [0.15, 0.2) is 5.84 Å². The number of hydrogen-bond donors (Lipinski definition) is 5. The van der Waals surface area contributed by atoms with Crippen LogP contribution in [0, 0.1) is 5.92 Å². The van der Waals surface area contributed by atoms with Crippen LogP contribution in [0.25, 0.3) is 0 Å². The lowest BCUT2D eigenvalue weighted by Gasteiger charge is -2.30. The molecule has 7 N–H and O–H groups in total. The Morgan fingerprint density at radius 2 is 1.76 bits per heavy atom. The molecule has 1 aliphatic heterocycles. The summed E-state index contributed by atoms with van der Waals surface area (Å²) < 4.78 is 0. The van der Waals surface area contributed by atoms with Gasteiger partial charge in [0.05, 0.1) is 6.04 Å². The third kappa shape index (κ3) is 8.12. The van der Waals surface area contributed by atoms with E-state index in [0.29, 0.717) is 17.9 Å². The Balaban J connectivity index is 1.45. The van der Waals surface area contributed by atoms with E-state index in [1.165, 1.54) is 5.56 Å². The first-order valence-electron chi connectivity index (χ1n) is 12.9. The Kier molecular flexibility index (Phi) is 10.4. The second-order valence-corrected chi connectivity index (χ2v) is 9.94. The molecule has 1 fully saturated rings. The van der Waals surface area contributed by atoms with Gasteiger partial charge < -0.3 is 32.3 Å². The highest BCUT2D eigenvalue weighted by Crippen LogP contribution is 2.27. The van der Waals surface area contributed by atoms with Gasteiger partial charge in [-0.1, -0.05) is 73.6 Å². The fourth-order valence-electron chi connectivity index (χ4n) is 4.14. The number of carbonyl (C=O) groups excluding carboxylic acids is 3. The fourth-order valence-corrected chi connectivity index (χ4v) is 4.14. The van der Waals surface area contributed by atoms with Gasteiger partial charge in [-0.3, -0.25) is 9.59 Å². The highest BCUT2D eigenvalue weighted by atomic mass is 16.7. The third-order valence-electron chi connectivity index (χ3n) is 6.68. The van der Waals surface area contributed by atoms with E-state index in [9.17, 15) is 14.4 Å². The van der Waals surface area contributed by atoms with Crippen molar-refractivity contribution in [3.8, 4) is 0 Å². The van der Waals surface area contributed by atoms with Crippen molar-refractivity contribution in [1.82, 2.24) is 16.0 Å². The van der Waals surface area contributed by atoms with E-state index in [2.05, 4.69) is 33.2 Å². The summed E-state index contributed by atoms with van der Waals surface area (Å²) in [5.41, 5.74) is 14.2. The van der Waals surface area contributed by atoms with Crippen molar-refractivity contribution >= 4 is 23.6 Å². The van der Waals surface area contributed by atoms with Gasteiger partial charge in [-0.15, -0.1) is 0 Å². The van der Waals surface area contributed by atoms with E-state index in [0.717, 1.165) is 18.5 Å². The Hall–Kier alpha value is -3.76. The zero-order valence-corrected chi connectivity index (χ0v) is 22.1. The van der Waals surface area contributed by atoms with Crippen LogP contribution in [0.2, 0.25) is 0 Å². The molecule has 2 aromatic rings. The number of carbonyl (C=O) groups is 3. The summed E-state index contributed by atoms with van der Waals surface area (Å²) in [6.07, 6.45) is 1.66. The first kappa shape index (κ1) is 28.8. The standard InChI is InChI=1S/C28H38N6O4/c1-17(2)24(29)28(37)38-34-25(30)21-11-9-19(10-12-21)16-32-26(35)18(3)33-27(36)23-15-22(13-14-31-23)20-7-5-4-6-8-20/h4-12,17-18,22-24,31H,13-16,29H2,1-3H3,(H2,30,34)(H,32,35)(H,33,36)/t18-,22-,23+,24-/m0/s1. The zero-order chi connectivity index (χ0) is 27.7. The van der Waals surface area contributed by atoms with E-state index in [4.69, 9.17) is 16.3 Å². The van der Waals surface area contributed by atoms with Crippen molar-refractivity contribution in [3.05, 3.63) is 71.3 Å². The number of hydrogen-bond acceptors (Lipinski definition) is 7. The second-order valence-electron chi connectivity index (χ2n) is 9.94. The number of nitrogens with one attached hydrogen (secondary N) is 3. The molecule has 3 rings (SSSR count). The lowest BCUT2D eigenvalue weighted by molar-refractivity contribution is -0.146. The molecule has 0 bridgehead atoms. The molecule has 1 heterocycles. The molecule has 2 aromatic carbocycles. The van der Waals surface area contributed by atoms with Crippen molar-refractivity contribution in [2.24, 2.45) is 22.5 Å². The average molecular weight is 523 g/mol. The number of amidine groups is 1. The molecule has 0 radical (unpaired) electrons. The van der Waals surface area contributed by atoms with Crippen LogP contribution >= 0.6 is 0 Å². The fraction of sp³-hybridized carbons (Fsp3) is 0.429. The minimum Gasteiger partial charge on any atom is -0.380 e. The second kappa shape index (κ2) is 13.7. The average Bonchev–Trinajstić information content (AvgIpc) is 2.94. The van der Waals surface area contributed by atoms with Gasteiger partial charge in [0.2, 0.25) is 11.8 Å². The maximum absolute atomic E-state index is 12.8. The predicted molar refractivity (Wildman–Crippen MR) is 146 cm³/mol. The smallest absolute Gasteiger partial charge is 0.351 e. The minimum absolute atomic E-state index is 0.0343. The van der Waals surface area contributed by atoms with Gasteiger partial charge >= 0.3 is 5.97 Å². The van der Waals surface area contributed by atoms with Crippen molar-refractivity contribution < 1.29 is 19.2 Å². The van der Waals surface area contributed by atoms with Crippen molar-refractivity contribution in [2.75, 3.05) is 6.54 Å². The van der Waals surface area contributed by atoms with Gasteiger partial charge in [0.25, 0.3) is 0 Å². The zero-order valence-electron chi connectivity index (χ0n) is 22.1. The molecule has 0 unspecified atom stereocenters. The molecule has 0 aromatic heterocycles. The monoisotopic (exact) mass is 522 g/mol. The lowest BCUT2D eigenvalue weighted by atomic mass is 9.86. The van der Waals surface area contributed by atoms with Crippen molar-refractivity contribution in [2.45, 2.75) is 64.2 Å². The third-order valence-corrected chi connectivity index (χ3v) is 6.68. The number of oxime groups is 1. The number of nitrogens with zero attached hydrogens (tertiary/aromatic N) is 1. The number of benzene rings is 2. The first-order chi connectivity index (χ1) is 18.2. The molecule has 0 saturated carbocycles. The van der Waals surface area contributed by atoms with Crippen LogP contribution in [0.4, 0.5) is 0 Å². The van der Waals surface area contributed by atoms with E-state index in [1.54, 1.807) is 45.0 Å². The highest BCUT2D eigenvalue weighted by molar-refractivity contribution is 5.97. The van der Waals surface area contributed by atoms with Gasteiger partial charge in [0, 0.05) is 12.1 Å². The Morgan fingerprint density at radius 3 is 2.42 bits per heavy atom. The molecular formula is C28H38N6O4. The Morgan fingerprint density at radius 1 is 1.08 bits per heavy atom. The number of amides is 2. The number of rotatable bonds is 10. The molecule has 1 aliphatic rings.